The minimum absolute atomic E-state index is 0.433. The summed E-state index contributed by atoms with van der Waals surface area (Å²) in [5.41, 5.74) is 2.19. The Morgan fingerprint density at radius 1 is 1.64 bits per heavy atom. The van der Waals surface area contributed by atoms with Gasteiger partial charge in [0.25, 0.3) is 0 Å². The molecule has 0 spiro atoms. The normalized spacial score (nSPS) is 10.5. The average Bonchev–Trinajstić information content (AvgIpc) is 2.33. The number of aromatic nitrogens is 2. The lowest BCUT2D eigenvalue weighted by molar-refractivity contribution is 0.532. The van der Waals surface area contributed by atoms with Crippen molar-refractivity contribution in [2.75, 3.05) is 0 Å². The van der Waals surface area contributed by atoms with E-state index in [9.17, 15) is 0 Å². The van der Waals surface area contributed by atoms with Crippen LogP contribution in [0.5, 0.6) is 0 Å². The van der Waals surface area contributed by atoms with E-state index >= 15 is 0 Å². The minimum atomic E-state index is 0.433. The third-order valence-corrected chi connectivity index (χ3v) is 1.62. The number of hydrogen-bond acceptors (Lipinski definition) is 1. The van der Waals surface area contributed by atoms with Crippen molar-refractivity contribution in [1.29, 1.82) is 0 Å². The zero-order chi connectivity index (χ0) is 8.43. The van der Waals surface area contributed by atoms with E-state index < -0.39 is 0 Å². The number of nitrogens with zero attached hydrogens (tertiary/aromatic N) is 2. The fraction of sp³-hybridized carbons (Fsp3) is 0.444. The van der Waals surface area contributed by atoms with Crippen molar-refractivity contribution in [3.8, 4) is 0 Å². The van der Waals surface area contributed by atoms with Gasteiger partial charge in [-0.2, -0.15) is 5.10 Å². The topological polar surface area (TPSA) is 17.8 Å². The molecule has 0 atom stereocenters. The van der Waals surface area contributed by atoms with Crippen molar-refractivity contribution in [3.63, 3.8) is 0 Å². The van der Waals surface area contributed by atoms with Crippen molar-refractivity contribution in [1.82, 2.24) is 9.78 Å². The molecule has 2 heteroatoms. The predicted octanol–water partition coefficient (Wildman–Crippen LogP) is 2.50. The molecule has 11 heavy (non-hydrogen) atoms. The summed E-state index contributed by atoms with van der Waals surface area (Å²) in [6.45, 7) is 10.0. The highest BCUT2D eigenvalue weighted by Crippen LogP contribution is 2.11. The third-order valence-electron chi connectivity index (χ3n) is 1.62. The van der Waals surface area contributed by atoms with E-state index in [-0.39, 0.29) is 0 Å². The van der Waals surface area contributed by atoms with Gasteiger partial charge >= 0.3 is 0 Å². The quantitative estimate of drug-likeness (QED) is 0.633. The zero-order valence-electron chi connectivity index (χ0n) is 7.33. The molecule has 1 rings (SSSR count). The Kier molecular flexibility index (Phi) is 2.13. The van der Waals surface area contributed by atoms with Crippen LogP contribution < -0.4 is 0 Å². The summed E-state index contributed by atoms with van der Waals surface area (Å²) in [4.78, 5) is 0. The van der Waals surface area contributed by atoms with E-state index in [4.69, 9.17) is 0 Å². The maximum absolute atomic E-state index is 4.19. The Morgan fingerprint density at radius 3 is 2.55 bits per heavy atom. The maximum atomic E-state index is 4.19. The first-order valence-corrected chi connectivity index (χ1v) is 3.81. The second-order valence-electron chi connectivity index (χ2n) is 3.08. The van der Waals surface area contributed by atoms with Crippen molar-refractivity contribution in [2.24, 2.45) is 0 Å². The Labute approximate surface area is 67.5 Å². The molecule has 60 valence electrons. The minimum Gasteiger partial charge on any atom is -0.270 e. The first-order valence-electron chi connectivity index (χ1n) is 3.81. The van der Waals surface area contributed by atoms with Gasteiger partial charge in [-0.05, 0) is 26.3 Å². The molecule has 1 aromatic heterocycles. The van der Waals surface area contributed by atoms with Gasteiger partial charge in [-0.3, -0.25) is 4.68 Å². The van der Waals surface area contributed by atoms with Crippen LogP contribution in [0.25, 0.3) is 5.57 Å². The number of hydrogen-bond donors (Lipinski definition) is 0. The van der Waals surface area contributed by atoms with Gasteiger partial charge in [-0.1, -0.05) is 6.58 Å². The summed E-state index contributed by atoms with van der Waals surface area (Å²) < 4.78 is 1.93. The average molecular weight is 150 g/mol. The lowest BCUT2D eigenvalue weighted by Gasteiger charge is -2.02. The van der Waals surface area contributed by atoms with E-state index in [1.807, 2.05) is 24.0 Å². The van der Waals surface area contributed by atoms with Crippen LogP contribution in [-0.4, -0.2) is 9.78 Å². The van der Waals surface area contributed by atoms with Crippen LogP contribution in [0.2, 0.25) is 0 Å². The maximum Gasteiger partial charge on any atom is 0.0564 e. The van der Waals surface area contributed by atoms with E-state index in [2.05, 4.69) is 25.5 Å². The van der Waals surface area contributed by atoms with Gasteiger partial charge < -0.3 is 0 Å². The van der Waals surface area contributed by atoms with Gasteiger partial charge in [0.2, 0.25) is 0 Å². The molecule has 0 aliphatic carbocycles. The predicted molar refractivity (Wildman–Crippen MR) is 47.3 cm³/mol. The summed E-state index contributed by atoms with van der Waals surface area (Å²) >= 11 is 0. The smallest absolute Gasteiger partial charge is 0.0564 e. The van der Waals surface area contributed by atoms with Gasteiger partial charge in [-0.25, -0.2) is 0 Å². The molecular formula is C9H14N2. The molecular weight excluding hydrogens is 136 g/mol. The van der Waals surface area contributed by atoms with Gasteiger partial charge in [0.1, 0.15) is 0 Å². The van der Waals surface area contributed by atoms with E-state index in [0.717, 1.165) is 11.1 Å². The Bertz CT molecular complexity index is 258. The highest BCUT2D eigenvalue weighted by atomic mass is 15.3. The Balaban J connectivity index is 2.90. The summed E-state index contributed by atoms with van der Waals surface area (Å²) in [6, 6.07) is 0.433. The van der Waals surface area contributed by atoms with E-state index in [1.165, 1.54) is 0 Å². The first kappa shape index (κ1) is 8.05. The van der Waals surface area contributed by atoms with Crippen molar-refractivity contribution in [3.05, 3.63) is 24.5 Å². The van der Waals surface area contributed by atoms with Crippen LogP contribution in [0.15, 0.2) is 19.0 Å². The summed E-state index contributed by atoms with van der Waals surface area (Å²) in [6.07, 6.45) is 3.87. The molecule has 1 aromatic rings. The Hall–Kier alpha value is -1.05. The van der Waals surface area contributed by atoms with Crippen molar-refractivity contribution < 1.29 is 0 Å². The zero-order valence-corrected chi connectivity index (χ0v) is 7.33. The van der Waals surface area contributed by atoms with Crippen LogP contribution in [0.4, 0.5) is 0 Å². The molecule has 2 nitrogen and oxygen atoms in total. The van der Waals surface area contributed by atoms with Crippen LogP contribution in [-0.2, 0) is 0 Å². The fourth-order valence-corrected chi connectivity index (χ4v) is 0.841. The molecule has 1 heterocycles. The van der Waals surface area contributed by atoms with Crippen LogP contribution in [0.1, 0.15) is 32.4 Å². The highest BCUT2D eigenvalue weighted by molar-refractivity contribution is 5.59. The largest absolute Gasteiger partial charge is 0.270 e. The molecule has 0 N–H and O–H groups in total. The molecule has 0 amide bonds. The van der Waals surface area contributed by atoms with Crippen LogP contribution in [0.3, 0.4) is 0 Å². The second-order valence-corrected chi connectivity index (χ2v) is 3.08. The standard InChI is InChI=1S/C9H14N2/c1-7(2)9-5-10-11(6-9)8(3)4/h5-6,8H,1H2,2-4H3. The molecule has 0 saturated heterocycles. The number of rotatable bonds is 2. The number of allylic oxidation sites excluding steroid dienone is 1. The van der Waals surface area contributed by atoms with Gasteiger partial charge in [-0.15, -0.1) is 0 Å². The van der Waals surface area contributed by atoms with E-state index in [0.29, 0.717) is 6.04 Å². The van der Waals surface area contributed by atoms with Crippen molar-refractivity contribution >= 4 is 5.57 Å². The molecule has 0 fully saturated rings. The van der Waals surface area contributed by atoms with Crippen LogP contribution in [0, 0.1) is 0 Å². The molecule has 0 aliphatic heterocycles. The molecule has 0 bridgehead atoms. The third kappa shape index (κ3) is 1.70. The lowest BCUT2D eigenvalue weighted by Crippen LogP contribution is -1.99. The fourth-order valence-electron chi connectivity index (χ4n) is 0.841. The summed E-state index contributed by atoms with van der Waals surface area (Å²) in [5, 5.41) is 4.19. The molecule has 0 aliphatic rings. The van der Waals surface area contributed by atoms with Crippen LogP contribution >= 0.6 is 0 Å². The van der Waals surface area contributed by atoms with Crippen molar-refractivity contribution in [2.45, 2.75) is 26.8 Å². The first-order chi connectivity index (χ1) is 5.11. The monoisotopic (exact) mass is 150 g/mol. The summed E-state index contributed by atoms with van der Waals surface area (Å²) in [5.74, 6) is 0. The van der Waals surface area contributed by atoms with E-state index in [1.54, 1.807) is 0 Å². The molecule has 0 saturated carbocycles. The van der Waals surface area contributed by atoms with Gasteiger partial charge in [0.15, 0.2) is 0 Å². The molecule has 0 unspecified atom stereocenters. The molecule has 0 radical (unpaired) electrons. The Morgan fingerprint density at radius 2 is 2.27 bits per heavy atom. The second kappa shape index (κ2) is 2.91. The van der Waals surface area contributed by atoms with Gasteiger partial charge in [0.05, 0.1) is 6.20 Å². The molecule has 0 aromatic carbocycles. The SMILES string of the molecule is C=C(C)c1cnn(C(C)C)c1. The highest BCUT2D eigenvalue weighted by Gasteiger charge is 2.00. The summed E-state index contributed by atoms with van der Waals surface area (Å²) in [7, 11) is 0. The van der Waals surface area contributed by atoms with Gasteiger partial charge in [0, 0.05) is 17.8 Å². The lowest BCUT2D eigenvalue weighted by atomic mass is 10.2.